The minimum absolute atomic E-state index is 0.238. The average Bonchev–Trinajstić information content (AvgIpc) is 3.20. The van der Waals surface area contributed by atoms with E-state index in [9.17, 15) is 4.79 Å². The van der Waals surface area contributed by atoms with Crippen LogP contribution in [0.3, 0.4) is 0 Å². The lowest BCUT2D eigenvalue weighted by atomic mass is 9.89. The van der Waals surface area contributed by atoms with E-state index in [0.717, 1.165) is 42.9 Å². The zero-order valence-electron chi connectivity index (χ0n) is 15.7. The molecule has 0 radical (unpaired) electrons. The molecule has 0 bridgehead atoms. The molecule has 3 atom stereocenters. The summed E-state index contributed by atoms with van der Waals surface area (Å²) >= 11 is 1.75. The smallest absolute Gasteiger partial charge is 0.268 e. The van der Waals surface area contributed by atoms with Crippen LogP contribution in [0.5, 0.6) is 0 Å². The molecule has 4 heteroatoms. The Morgan fingerprint density at radius 2 is 2.08 bits per heavy atom. The van der Waals surface area contributed by atoms with Crippen molar-refractivity contribution in [2.75, 3.05) is 25.0 Å². The molecule has 3 nitrogen and oxygen atoms in total. The van der Waals surface area contributed by atoms with Gasteiger partial charge in [0.2, 0.25) is 0 Å². The minimum Gasteiger partial charge on any atom is -0.337 e. The first-order valence-corrected chi connectivity index (χ1v) is 10.8. The molecule has 0 spiro atoms. The second-order valence-corrected chi connectivity index (χ2v) is 9.51. The van der Waals surface area contributed by atoms with Crippen LogP contribution in [0.2, 0.25) is 0 Å². The number of amides is 1. The number of likely N-dealkylation sites (tertiary alicyclic amines) is 1. The zero-order valence-corrected chi connectivity index (χ0v) is 16.5. The highest BCUT2D eigenvalue weighted by Crippen LogP contribution is 2.44. The Bertz CT molecular complexity index is 848. The van der Waals surface area contributed by atoms with Crippen molar-refractivity contribution in [2.24, 2.45) is 0 Å². The van der Waals surface area contributed by atoms with E-state index in [0.29, 0.717) is 12.0 Å². The molecule has 1 N–H and O–H groups in total. The number of aryl methyl sites for hydroxylation is 3. The second kappa shape index (κ2) is 6.21. The van der Waals surface area contributed by atoms with E-state index in [1.54, 1.807) is 16.2 Å². The summed E-state index contributed by atoms with van der Waals surface area (Å²) in [6, 6.07) is 9.19. The Kier molecular flexibility index (Phi) is 3.94. The van der Waals surface area contributed by atoms with Gasteiger partial charge in [0.25, 0.3) is 5.91 Å². The first-order chi connectivity index (χ1) is 12.6. The fourth-order valence-electron chi connectivity index (χ4n) is 5.18. The molecule has 3 aliphatic rings. The molecular formula is C22H27N2OS+. The summed E-state index contributed by atoms with van der Waals surface area (Å²) in [6.45, 7) is 4.44. The molecule has 3 heterocycles. The van der Waals surface area contributed by atoms with E-state index < -0.39 is 0 Å². The summed E-state index contributed by atoms with van der Waals surface area (Å²) in [5.41, 5.74) is 5.28. The number of likely N-dealkylation sites (N-methyl/N-ethyl adjacent to an activating group) is 1. The van der Waals surface area contributed by atoms with E-state index in [-0.39, 0.29) is 5.91 Å². The molecule has 1 aliphatic carbocycles. The third-order valence-electron chi connectivity index (χ3n) is 6.50. The summed E-state index contributed by atoms with van der Waals surface area (Å²) in [5, 5.41) is 0. The number of benzene rings is 1. The Balaban J connectivity index is 1.55. The highest BCUT2D eigenvalue weighted by atomic mass is 32.1. The number of carbonyl (C=O) groups is 1. The number of fused-ring (bicyclic) bond motifs is 4. The van der Waals surface area contributed by atoms with Crippen LogP contribution in [-0.2, 0) is 12.8 Å². The number of quaternary nitrogens is 1. The van der Waals surface area contributed by atoms with Gasteiger partial charge in [-0.3, -0.25) is 4.79 Å². The van der Waals surface area contributed by atoms with Crippen LogP contribution >= 0.6 is 11.3 Å². The van der Waals surface area contributed by atoms with Gasteiger partial charge >= 0.3 is 0 Å². The number of piperidine rings is 1. The van der Waals surface area contributed by atoms with Gasteiger partial charge in [-0.1, -0.05) is 17.7 Å². The zero-order chi connectivity index (χ0) is 17.8. The van der Waals surface area contributed by atoms with Crippen LogP contribution in [0.1, 0.15) is 56.4 Å². The predicted octanol–water partition coefficient (Wildman–Crippen LogP) is 2.97. The van der Waals surface area contributed by atoms with E-state index >= 15 is 0 Å². The fourth-order valence-corrected chi connectivity index (χ4v) is 6.37. The monoisotopic (exact) mass is 367 g/mol. The molecule has 136 valence electrons. The van der Waals surface area contributed by atoms with Gasteiger partial charge in [0.05, 0.1) is 37.0 Å². The van der Waals surface area contributed by atoms with E-state index in [1.807, 2.05) is 0 Å². The molecular weight excluding hydrogens is 340 g/mol. The van der Waals surface area contributed by atoms with Crippen LogP contribution in [0, 0.1) is 6.92 Å². The van der Waals surface area contributed by atoms with Crippen LogP contribution in [0.4, 0.5) is 5.69 Å². The molecule has 2 aliphatic heterocycles. The quantitative estimate of drug-likeness (QED) is 0.824. The Morgan fingerprint density at radius 3 is 2.92 bits per heavy atom. The topological polar surface area (TPSA) is 24.8 Å². The third kappa shape index (κ3) is 2.54. The molecule has 1 aromatic heterocycles. The normalized spacial score (nSPS) is 27.0. The molecule has 1 fully saturated rings. The van der Waals surface area contributed by atoms with E-state index in [2.05, 4.69) is 43.1 Å². The van der Waals surface area contributed by atoms with Gasteiger partial charge in [-0.05, 0) is 55.9 Å². The van der Waals surface area contributed by atoms with Crippen LogP contribution in [-0.4, -0.2) is 32.1 Å². The lowest BCUT2D eigenvalue weighted by Gasteiger charge is -2.34. The first kappa shape index (κ1) is 16.5. The standard InChI is InChI=1S/C22H26N2OS/c1-14-7-8-18-16(11-14)17-13-23(2)10-9-19(17)24(18)22(25)21-12-15-5-3-4-6-20(15)26-21/h7-8,11-12,17,19H,3-6,9-10,13H2,1-2H3/p+1/t17-,19+/m1/s1. The second-order valence-electron chi connectivity index (χ2n) is 8.38. The van der Waals surface area contributed by atoms with Crippen molar-refractivity contribution in [3.05, 3.63) is 50.7 Å². The molecule has 1 amide bonds. The highest BCUT2D eigenvalue weighted by molar-refractivity contribution is 7.14. The molecule has 1 saturated heterocycles. The van der Waals surface area contributed by atoms with E-state index in [4.69, 9.17) is 0 Å². The van der Waals surface area contributed by atoms with Gasteiger partial charge < -0.3 is 9.80 Å². The van der Waals surface area contributed by atoms with Gasteiger partial charge in [-0.2, -0.15) is 0 Å². The van der Waals surface area contributed by atoms with Crippen molar-refractivity contribution < 1.29 is 9.69 Å². The Morgan fingerprint density at radius 1 is 1.23 bits per heavy atom. The van der Waals surface area contributed by atoms with Gasteiger partial charge in [-0.15, -0.1) is 11.3 Å². The highest BCUT2D eigenvalue weighted by Gasteiger charge is 2.46. The summed E-state index contributed by atoms with van der Waals surface area (Å²) in [4.78, 5) is 19.7. The van der Waals surface area contributed by atoms with E-state index in [1.165, 1.54) is 34.4 Å². The summed E-state index contributed by atoms with van der Waals surface area (Å²) in [5.74, 6) is 0.721. The Hall–Kier alpha value is -1.65. The van der Waals surface area contributed by atoms with Gasteiger partial charge in [0, 0.05) is 17.0 Å². The number of anilines is 1. The Labute approximate surface area is 159 Å². The summed E-state index contributed by atoms with van der Waals surface area (Å²) < 4.78 is 0. The van der Waals surface area contributed by atoms with Crippen LogP contribution in [0.25, 0.3) is 0 Å². The SMILES string of the molecule is Cc1ccc2c(c1)[C@H]1C[NH+](C)CC[C@@H]1N2C(=O)c1cc2c(s1)CCCC2. The number of nitrogens with zero attached hydrogens (tertiary/aromatic N) is 1. The number of nitrogens with one attached hydrogen (secondary N) is 1. The summed E-state index contributed by atoms with van der Waals surface area (Å²) in [7, 11) is 2.28. The number of hydrogen-bond acceptors (Lipinski definition) is 2. The number of thiophene rings is 1. The largest absolute Gasteiger partial charge is 0.337 e. The van der Waals surface area contributed by atoms with Crippen LogP contribution in [0.15, 0.2) is 24.3 Å². The summed E-state index contributed by atoms with van der Waals surface area (Å²) in [6.07, 6.45) is 5.94. The van der Waals surface area contributed by atoms with Crippen molar-refractivity contribution in [3.8, 4) is 0 Å². The molecule has 0 saturated carbocycles. The fraction of sp³-hybridized carbons (Fsp3) is 0.500. The first-order valence-electron chi connectivity index (χ1n) is 9.99. The van der Waals surface area contributed by atoms with Crippen molar-refractivity contribution in [2.45, 2.75) is 51.0 Å². The van der Waals surface area contributed by atoms with Crippen molar-refractivity contribution in [1.29, 1.82) is 0 Å². The van der Waals surface area contributed by atoms with Gasteiger partial charge in [-0.25, -0.2) is 0 Å². The van der Waals surface area contributed by atoms with Gasteiger partial charge in [0.1, 0.15) is 0 Å². The maximum absolute atomic E-state index is 13.6. The van der Waals surface area contributed by atoms with Crippen molar-refractivity contribution in [1.82, 2.24) is 0 Å². The maximum Gasteiger partial charge on any atom is 0.268 e. The molecule has 2 aromatic rings. The average molecular weight is 368 g/mol. The number of carbonyl (C=O) groups excluding carboxylic acids is 1. The lowest BCUT2D eigenvalue weighted by Crippen LogP contribution is -3.11. The van der Waals surface area contributed by atoms with Crippen molar-refractivity contribution >= 4 is 22.9 Å². The predicted molar refractivity (Wildman–Crippen MR) is 107 cm³/mol. The minimum atomic E-state index is 0.238. The van der Waals surface area contributed by atoms with Crippen molar-refractivity contribution in [3.63, 3.8) is 0 Å². The molecule has 1 unspecified atom stereocenters. The van der Waals surface area contributed by atoms with Gasteiger partial charge in [0.15, 0.2) is 0 Å². The molecule has 26 heavy (non-hydrogen) atoms. The lowest BCUT2D eigenvalue weighted by molar-refractivity contribution is -0.886. The molecule has 1 aromatic carbocycles. The number of hydrogen-bond donors (Lipinski definition) is 1. The molecule has 5 rings (SSSR count). The third-order valence-corrected chi connectivity index (χ3v) is 7.72. The van der Waals surface area contributed by atoms with Crippen LogP contribution < -0.4 is 9.80 Å². The maximum atomic E-state index is 13.6. The number of rotatable bonds is 1.